The number of benzene rings is 1. The van der Waals surface area contributed by atoms with Gasteiger partial charge in [-0.2, -0.15) is 0 Å². The Bertz CT molecular complexity index is 1340. The Morgan fingerprint density at radius 2 is 1.77 bits per heavy atom. The summed E-state index contributed by atoms with van der Waals surface area (Å²) in [4.78, 5) is 42.7. The van der Waals surface area contributed by atoms with Gasteiger partial charge in [-0.1, -0.05) is 0 Å². The number of anilines is 1. The summed E-state index contributed by atoms with van der Waals surface area (Å²) in [5, 5.41) is 48.9. The highest BCUT2D eigenvalue weighted by molar-refractivity contribution is 6.24. The number of aromatic hydroxyl groups is 1. The molecular weight excluding hydrogens is 504 g/mol. The lowest BCUT2D eigenvalue weighted by Gasteiger charge is -2.50. The van der Waals surface area contributed by atoms with Crippen molar-refractivity contribution in [3.8, 4) is 5.75 Å². The second-order valence-electron chi connectivity index (χ2n) is 12.2. The SMILES string of the molecule is CN(C)c1cc(CNC(C)(C)C)c(O)c2c1C[C@H]1C[C@H]3[C@H](N(C)C)C(=O)C(C(N)=O)=C(O)[C@@]3(O)C(=O)C1=C2O. The molecule has 4 rings (SSSR count). The quantitative estimate of drug-likeness (QED) is 0.293. The number of nitrogens with two attached hydrogens (primary N) is 1. The number of aliphatic hydroxyl groups excluding tert-OH is 2. The molecule has 1 fully saturated rings. The number of hydrogen-bond donors (Lipinski definition) is 6. The largest absolute Gasteiger partial charge is 0.508 e. The van der Waals surface area contributed by atoms with E-state index in [-0.39, 0.29) is 41.8 Å². The highest BCUT2D eigenvalue weighted by Gasteiger charge is 2.64. The van der Waals surface area contributed by atoms with Gasteiger partial charge in [0.1, 0.15) is 22.8 Å². The topological polar surface area (TPSA) is 177 Å². The predicted molar refractivity (Wildman–Crippen MR) is 145 cm³/mol. The van der Waals surface area contributed by atoms with Gasteiger partial charge in [-0.25, -0.2) is 0 Å². The molecule has 0 unspecified atom stereocenters. The van der Waals surface area contributed by atoms with Crippen molar-refractivity contribution in [1.82, 2.24) is 10.2 Å². The van der Waals surface area contributed by atoms with E-state index in [1.54, 1.807) is 14.1 Å². The molecule has 1 amide bonds. The minimum absolute atomic E-state index is 0.0483. The molecule has 0 aliphatic heterocycles. The van der Waals surface area contributed by atoms with Gasteiger partial charge in [-0.05, 0) is 65.3 Å². The fourth-order valence-electron chi connectivity index (χ4n) is 6.24. The van der Waals surface area contributed by atoms with Gasteiger partial charge in [0.25, 0.3) is 5.91 Å². The zero-order valence-corrected chi connectivity index (χ0v) is 23.4. The number of phenolic OH excluding ortho intramolecular Hbond substituents is 1. The van der Waals surface area contributed by atoms with E-state index in [9.17, 15) is 34.8 Å². The Labute approximate surface area is 227 Å². The fraction of sp³-hybridized carbons (Fsp3) is 0.536. The van der Waals surface area contributed by atoms with Gasteiger partial charge in [-0.15, -0.1) is 0 Å². The first-order valence-corrected chi connectivity index (χ1v) is 12.9. The minimum Gasteiger partial charge on any atom is -0.508 e. The molecule has 1 aromatic rings. The van der Waals surface area contributed by atoms with Gasteiger partial charge in [-0.3, -0.25) is 19.3 Å². The van der Waals surface area contributed by atoms with E-state index in [0.29, 0.717) is 11.1 Å². The number of phenols is 1. The summed E-state index contributed by atoms with van der Waals surface area (Å²) in [5.41, 5.74) is 3.44. The van der Waals surface area contributed by atoms with Crippen molar-refractivity contribution >= 4 is 28.9 Å². The zero-order chi connectivity index (χ0) is 29.4. The summed E-state index contributed by atoms with van der Waals surface area (Å²) in [6.07, 6.45) is 0.287. The smallest absolute Gasteiger partial charge is 0.255 e. The Morgan fingerprint density at radius 3 is 2.28 bits per heavy atom. The molecule has 11 nitrogen and oxygen atoms in total. The molecule has 0 aromatic heterocycles. The van der Waals surface area contributed by atoms with Crippen LogP contribution in [0.1, 0.15) is 43.9 Å². The van der Waals surface area contributed by atoms with Crippen LogP contribution < -0.4 is 16.0 Å². The Hall–Kier alpha value is -3.41. The van der Waals surface area contributed by atoms with Crippen LogP contribution in [0.2, 0.25) is 0 Å². The third-order valence-corrected chi connectivity index (χ3v) is 8.07. The van der Waals surface area contributed by atoms with Gasteiger partial charge in [0, 0.05) is 48.9 Å². The number of aliphatic hydroxyl groups is 3. The summed E-state index contributed by atoms with van der Waals surface area (Å²) in [5.74, 6) is -6.57. The third-order valence-electron chi connectivity index (χ3n) is 8.07. The van der Waals surface area contributed by atoms with Gasteiger partial charge in [0.2, 0.25) is 5.78 Å². The van der Waals surface area contributed by atoms with Crippen LogP contribution in [0.25, 0.3) is 5.76 Å². The first-order chi connectivity index (χ1) is 17.9. The van der Waals surface area contributed by atoms with Crippen molar-refractivity contribution in [2.45, 2.75) is 57.3 Å². The molecule has 4 atom stereocenters. The molecule has 0 heterocycles. The van der Waals surface area contributed by atoms with Gasteiger partial charge in [0.05, 0.1) is 11.6 Å². The normalized spacial score (nSPS) is 26.9. The number of carbonyl (C=O) groups excluding carboxylic acids is 3. The predicted octanol–water partition coefficient (Wildman–Crippen LogP) is 0.918. The molecule has 3 aliphatic rings. The zero-order valence-electron chi connectivity index (χ0n) is 23.4. The van der Waals surface area contributed by atoms with Gasteiger partial charge >= 0.3 is 0 Å². The van der Waals surface area contributed by atoms with E-state index < -0.39 is 58.0 Å². The number of hydrogen-bond acceptors (Lipinski definition) is 10. The number of amides is 1. The van der Waals surface area contributed by atoms with E-state index in [1.807, 2.05) is 45.8 Å². The van der Waals surface area contributed by atoms with Crippen LogP contribution in [0.15, 0.2) is 23.0 Å². The number of nitrogens with zero attached hydrogens (tertiary/aromatic N) is 2. The van der Waals surface area contributed by atoms with Crippen LogP contribution in [0.4, 0.5) is 5.69 Å². The molecule has 0 bridgehead atoms. The number of likely N-dealkylation sites (N-methyl/N-ethyl adjacent to an activating group) is 1. The minimum atomic E-state index is -2.66. The molecule has 0 spiro atoms. The van der Waals surface area contributed by atoms with Crippen molar-refractivity contribution in [2.75, 3.05) is 33.1 Å². The molecule has 212 valence electrons. The van der Waals surface area contributed by atoms with E-state index in [0.717, 1.165) is 5.69 Å². The highest BCUT2D eigenvalue weighted by atomic mass is 16.3. The average molecular weight is 543 g/mol. The van der Waals surface area contributed by atoms with E-state index >= 15 is 0 Å². The number of rotatable bonds is 5. The lowest BCUT2D eigenvalue weighted by molar-refractivity contribution is -0.153. The molecule has 3 aliphatic carbocycles. The van der Waals surface area contributed by atoms with Crippen molar-refractivity contribution < 1.29 is 34.8 Å². The van der Waals surface area contributed by atoms with Crippen LogP contribution in [0, 0.1) is 11.8 Å². The van der Waals surface area contributed by atoms with Gasteiger partial charge in [0.15, 0.2) is 11.4 Å². The molecule has 0 radical (unpaired) electrons. The maximum absolute atomic E-state index is 14.0. The number of primary amides is 1. The molecule has 1 aromatic carbocycles. The number of Topliss-reactive ketones (excluding diaryl/α,β-unsaturated/α-hetero) is 2. The summed E-state index contributed by atoms with van der Waals surface area (Å²) < 4.78 is 0. The van der Waals surface area contributed by atoms with Crippen LogP contribution in [0.5, 0.6) is 5.75 Å². The van der Waals surface area contributed by atoms with Crippen molar-refractivity contribution in [3.63, 3.8) is 0 Å². The second kappa shape index (κ2) is 9.35. The van der Waals surface area contributed by atoms with E-state index in [1.165, 1.54) is 4.90 Å². The molecule has 1 saturated carbocycles. The average Bonchev–Trinajstić information content (AvgIpc) is 2.79. The van der Waals surface area contributed by atoms with Gasteiger partial charge < -0.3 is 36.4 Å². The van der Waals surface area contributed by atoms with Crippen molar-refractivity contribution in [3.05, 3.63) is 39.7 Å². The molecular formula is C28H38N4O7. The van der Waals surface area contributed by atoms with Crippen molar-refractivity contribution in [2.24, 2.45) is 17.6 Å². The molecule has 7 N–H and O–H groups in total. The standard InChI is InChI=1S/C28H38N4O7/c1-27(2,3)30-11-13-10-16(31(4)5)14-8-12-9-15-20(32(6)7)23(35)19(26(29)38)25(37)28(15,39)24(36)17(12)22(34)18(14)21(13)33/h10,12,15,20,30,33-34,37,39H,8-9,11H2,1-7H3,(H2,29,38)/t12-,15-,20-,28-/m0/s1. The van der Waals surface area contributed by atoms with Crippen LogP contribution in [0.3, 0.4) is 0 Å². The highest BCUT2D eigenvalue weighted by Crippen LogP contribution is 2.54. The van der Waals surface area contributed by atoms with Crippen LogP contribution in [-0.4, -0.2) is 88.2 Å². The number of ketones is 2. The maximum Gasteiger partial charge on any atom is 0.255 e. The van der Waals surface area contributed by atoms with E-state index in [2.05, 4.69) is 5.32 Å². The first kappa shape index (κ1) is 28.6. The third kappa shape index (κ3) is 4.29. The molecule has 39 heavy (non-hydrogen) atoms. The molecule has 0 saturated heterocycles. The first-order valence-electron chi connectivity index (χ1n) is 12.9. The summed E-state index contributed by atoms with van der Waals surface area (Å²) >= 11 is 0. The van der Waals surface area contributed by atoms with E-state index in [4.69, 9.17) is 5.73 Å². The maximum atomic E-state index is 14.0. The molecule has 11 heteroatoms. The van der Waals surface area contributed by atoms with Crippen molar-refractivity contribution in [1.29, 1.82) is 0 Å². The second-order valence-corrected chi connectivity index (χ2v) is 12.2. The number of nitrogens with one attached hydrogen (secondary N) is 1. The Balaban J connectivity index is 1.96. The fourth-order valence-corrected chi connectivity index (χ4v) is 6.24. The lowest BCUT2D eigenvalue weighted by atomic mass is 9.57. The van der Waals surface area contributed by atoms with Crippen LogP contribution in [-0.2, 0) is 27.3 Å². The lowest BCUT2D eigenvalue weighted by Crippen LogP contribution is -2.65. The monoisotopic (exact) mass is 542 g/mol. The summed E-state index contributed by atoms with van der Waals surface area (Å²) in [6, 6.07) is 0.724. The summed E-state index contributed by atoms with van der Waals surface area (Å²) in [7, 11) is 6.82. The van der Waals surface area contributed by atoms with Crippen LogP contribution >= 0.6 is 0 Å². The number of fused-ring (bicyclic) bond motifs is 3. The summed E-state index contributed by atoms with van der Waals surface area (Å²) in [6.45, 7) is 6.22. The number of carbonyl (C=O) groups is 3. The Morgan fingerprint density at radius 1 is 1.15 bits per heavy atom. The Kier molecular flexibility index (Phi) is 6.86.